The van der Waals surface area contributed by atoms with Crippen molar-refractivity contribution in [2.75, 3.05) is 39.3 Å². The first-order chi connectivity index (χ1) is 12.8. The molecule has 0 radical (unpaired) electrons. The number of alkyl halides is 3. The van der Waals surface area contributed by atoms with Gasteiger partial charge in [0.05, 0.1) is 11.5 Å². The van der Waals surface area contributed by atoms with Gasteiger partial charge in [0.25, 0.3) is 0 Å². The van der Waals surface area contributed by atoms with Gasteiger partial charge in [0.15, 0.2) is 0 Å². The zero-order valence-electron chi connectivity index (χ0n) is 16.3. The van der Waals surface area contributed by atoms with Crippen molar-refractivity contribution in [2.45, 2.75) is 39.8 Å². The number of hydrogen-bond donors (Lipinski definition) is 1. The molecule has 2 saturated heterocycles. The molecule has 0 aromatic heterocycles. The normalized spacial score (nSPS) is 23.2. The Morgan fingerprint density at radius 1 is 1.22 bits per heavy atom. The minimum Gasteiger partial charge on any atom is -0.353 e. The van der Waals surface area contributed by atoms with Crippen LogP contribution in [0.1, 0.15) is 33.6 Å². The van der Waals surface area contributed by atoms with Crippen molar-refractivity contribution in [2.24, 2.45) is 10.9 Å². The zero-order chi connectivity index (χ0) is 20.0. The molecule has 2 rings (SSSR count). The Morgan fingerprint density at radius 2 is 1.85 bits per heavy atom. The molecule has 8 heteroatoms. The number of carbonyl (C=O) groups is 1. The Balaban J connectivity index is 2.06. The number of carbonyl (C=O) groups excluding carboxylic acids is 1. The number of rotatable bonds is 5. The summed E-state index contributed by atoms with van der Waals surface area (Å²) in [4.78, 5) is 20.6. The molecule has 2 aliphatic rings. The topological polar surface area (TPSA) is 47.9 Å². The Kier molecular flexibility index (Phi) is 7.47. The maximum Gasteiger partial charge on any atom is 0.417 e. The van der Waals surface area contributed by atoms with Gasteiger partial charge in [-0.3, -0.25) is 4.79 Å². The Hall–Kier alpha value is -1.83. The van der Waals surface area contributed by atoms with Gasteiger partial charge < -0.3 is 15.1 Å². The molecule has 27 heavy (non-hydrogen) atoms. The van der Waals surface area contributed by atoms with Crippen molar-refractivity contribution in [1.82, 2.24) is 15.1 Å². The van der Waals surface area contributed by atoms with Crippen LogP contribution in [-0.4, -0.2) is 67.4 Å². The fourth-order valence-corrected chi connectivity index (χ4v) is 3.32. The van der Waals surface area contributed by atoms with Crippen LogP contribution in [0.25, 0.3) is 0 Å². The smallest absolute Gasteiger partial charge is 0.353 e. The van der Waals surface area contributed by atoms with Crippen LogP contribution in [0.4, 0.5) is 13.2 Å². The van der Waals surface area contributed by atoms with E-state index in [1.165, 1.54) is 6.92 Å². The first-order valence-electron chi connectivity index (χ1n) is 9.49. The molecule has 152 valence electrons. The average Bonchev–Trinajstić information content (AvgIpc) is 3.18. The van der Waals surface area contributed by atoms with E-state index in [0.29, 0.717) is 38.4 Å². The Morgan fingerprint density at radius 3 is 2.33 bits per heavy atom. The number of aliphatic imine (C=N–C) groups is 1. The van der Waals surface area contributed by atoms with Crippen LogP contribution in [0.15, 0.2) is 28.0 Å². The van der Waals surface area contributed by atoms with E-state index in [1.54, 1.807) is 0 Å². The van der Waals surface area contributed by atoms with Gasteiger partial charge in [-0.2, -0.15) is 13.2 Å². The number of halogens is 3. The second kappa shape index (κ2) is 9.39. The number of nitrogens with one attached hydrogen (secondary N) is 1. The van der Waals surface area contributed by atoms with E-state index < -0.39 is 11.7 Å². The van der Waals surface area contributed by atoms with Crippen LogP contribution in [0.3, 0.4) is 0 Å². The van der Waals surface area contributed by atoms with Crippen LogP contribution in [0.2, 0.25) is 0 Å². The minimum absolute atomic E-state index is 0.0472. The molecule has 0 aromatic rings. The number of hydrogen-bond acceptors (Lipinski definition) is 4. The van der Waals surface area contributed by atoms with Gasteiger partial charge >= 0.3 is 6.18 Å². The monoisotopic (exact) mass is 386 g/mol. The van der Waals surface area contributed by atoms with Crippen molar-refractivity contribution in [3.8, 4) is 0 Å². The van der Waals surface area contributed by atoms with Gasteiger partial charge in [0.2, 0.25) is 5.91 Å². The summed E-state index contributed by atoms with van der Waals surface area (Å²) >= 11 is 0. The standard InChI is InChI=1S/C19H29F3N4O/c1-4-14(3)17(24-13-16(5-2)19(20,21)22)25-8-10-26(11-9-25)18(27)15-6-7-23-12-15/h5,13,15,23H,4,6-12H2,1-3H3/b16-5+,17-14-,24-13-. The molecule has 2 aliphatic heterocycles. The lowest BCUT2D eigenvalue weighted by atomic mass is 10.1. The average molecular weight is 386 g/mol. The molecular formula is C19H29F3N4O. The van der Waals surface area contributed by atoms with Crippen molar-refractivity contribution in [1.29, 1.82) is 0 Å². The molecule has 0 aliphatic carbocycles. The highest BCUT2D eigenvalue weighted by Crippen LogP contribution is 2.25. The molecule has 1 amide bonds. The van der Waals surface area contributed by atoms with Crippen LogP contribution in [0.5, 0.6) is 0 Å². The molecule has 0 saturated carbocycles. The van der Waals surface area contributed by atoms with Crippen LogP contribution < -0.4 is 5.32 Å². The van der Waals surface area contributed by atoms with Gasteiger partial charge in [0, 0.05) is 38.9 Å². The lowest BCUT2D eigenvalue weighted by Gasteiger charge is -2.37. The summed E-state index contributed by atoms with van der Waals surface area (Å²) in [7, 11) is 0. The number of amides is 1. The third kappa shape index (κ3) is 5.57. The van der Waals surface area contributed by atoms with Crippen molar-refractivity contribution in [3.63, 3.8) is 0 Å². The van der Waals surface area contributed by atoms with Crippen molar-refractivity contribution >= 4 is 12.1 Å². The highest BCUT2D eigenvalue weighted by Gasteiger charge is 2.32. The second-order valence-electron chi connectivity index (χ2n) is 6.96. The lowest BCUT2D eigenvalue weighted by Crippen LogP contribution is -2.50. The maximum absolute atomic E-state index is 12.9. The van der Waals surface area contributed by atoms with Crippen LogP contribution in [-0.2, 0) is 4.79 Å². The maximum atomic E-state index is 12.9. The van der Waals surface area contributed by atoms with E-state index in [2.05, 4.69) is 10.3 Å². The summed E-state index contributed by atoms with van der Waals surface area (Å²) in [5.41, 5.74) is 0.176. The summed E-state index contributed by atoms with van der Waals surface area (Å²) < 4.78 is 38.8. The second-order valence-corrected chi connectivity index (χ2v) is 6.96. The molecule has 1 unspecified atom stereocenters. The molecule has 5 nitrogen and oxygen atoms in total. The fourth-order valence-electron chi connectivity index (χ4n) is 3.32. The van der Waals surface area contributed by atoms with E-state index in [1.807, 2.05) is 23.6 Å². The van der Waals surface area contributed by atoms with Crippen LogP contribution >= 0.6 is 0 Å². The predicted molar refractivity (Wildman–Crippen MR) is 100 cm³/mol. The van der Waals surface area contributed by atoms with Gasteiger partial charge in [-0.1, -0.05) is 13.0 Å². The summed E-state index contributed by atoms with van der Waals surface area (Å²) in [5.74, 6) is 0.802. The summed E-state index contributed by atoms with van der Waals surface area (Å²) in [6.07, 6.45) is -0.918. The first kappa shape index (κ1) is 21.5. The van der Waals surface area contributed by atoms with E-state index in [-0.39, 0.29) is 11.8 Å². The highest BCUT2D eigenvalue weighted by molar-refractivity contribution is 5.81. The Bertz CT molecular complexity index is 611. The predicted octanol–water partition coefficient (Wildman–Crippen LogP) is 2.96. The number of piperazine rings is 1. The lowest BCUT2D eigenvalue weighted by molar-refractivity contribution is -0.136. The first-order valence-corrected chi connectivity index (χ1v) is 9.49. The molecule has 0 bridgehead atoms. The Labute approximate surface area is 159 Å². The molecule has 2 fully saturated rings. The number of allylic oxidation sites excluding steroid dienone is 3. The summed E-state index contributed by atoms with van der Waals surface area (Å²) in [5, 5.41) is 3.21. The fraction of sp³-hybridized carbons (Fsp3) is 0.684. The van der Waals surface area contributed by atoms with Crippen molar-refractivity contribution < 1.29 is 18.0 Å². The van der Waals surface area contributed by atoms with Gasteiger partial charge in [0.1, 0.15) is 5.82 Å². The summed E-state index contributed by atoms with van der Waals surface area (Å²) in [6, 6.07) is 0. The molecule has 0 aromatic carbocycles. The van der Waals surface area contributed by atoms with Gasteiger partial charge in [-0.25, -0.2) is 4.99 Å². The largest absolute Gasteiger partial charge is 0.417 e. The SMILES string of the molecule is C\C=C(/C=N\C(=C(/C)CC)N1CCN(C(=O)C2CCNC2)CC1)C(F)(F)F. The zero-order valence-corrected chi connectivity index (χ0v) is 16.3. The van der Waals surface area contributed by atoms with E-state index in [0.717, 1.165) is 37.4 Å². The van der Waals surface area contributed by atoms with E-state index >= 15 is 0 Å². The molecule has 1 N–H and O–H groups in total. The van der Waals surface area contributed by atoms with E-state index in [9.17, 15) is 18.0 Å². The van der Waals surface area contributed by atoms with Gasteiger partial charge in [-0.15, -0.1) is 0 Å². The third-order valence-electron chi connectivity index (χ3n) is 5.18. The number of nitrogens with zero attached hydrogens (tertiary/aromatic N) is 3. The summed E-state index contributed by atoms with van der Waals surface area (Å²) in [6.45, 7) is 9.10. The molecule has 1 atom stereocenters. The quantitative estimate of drug-likeness (QED) is 0.739. The minimum atomic E-state index is -4.41. The van der Waals surface area contributed by atoms with Gasteiger partial charge in [-0.05, 0) is 38.8 Å². The van der Waals surface area contributed by atoms with E-state index in [4.69, 9.17) is 0 Å². The molecule has 0 spiro atoms. The molecular weight excluding hydrogens is 357 g/mol. The third-order valence-corrected chi connectivity index (χ3v) is 5.18. The highest BCUT2D eigenvalue weighted by atomic mass is 19.4. The van der Waals surface area contributed by atoms with Crippen LogP contribution in [0, 0.1) is 5.92 Å². The van der Waals surface area contributed by atoms with Crippen molar-refractivity contribution in [3.05, 3.63) is 23.0 Å². The molecule has 2 heterocycles.